The fraction of sp³-hybridized carbons (Fsp3) is 0.250. The van der Waals surface area contributed by atoms with E-state index in [4.69, 9.17) is 0 Å². The molecule has 1 aromatic heterocycles. The smallest absolute Gasteiger partial charge is 0.272 e. The molecule has 124 valence electrons. The third kappa shape index (κ3) is 3.00. The van der Waals surface area contributed by atoms with E-state index in [1.54, 1.807) is 0 Å². The Bertz CT molecular complexity index is 845. The number of aryl methyl sites for hydroxylation is 1. The number of rotatable bonds is 5. The molecule has 0 saturated heterocycles. The lowest BCUT2D eigenvalue weighted by atomic mass is 10.2. The van der Waals surface area contributed by atoms with Crippen molar-refractivity contribution in [1.29, 1.82) is 0 Å². The number of para-hydroxylation sites is 1. The van der Waals surface area contributed by atoms with Gasteiger partial charge in [0.15, 0.2) is 0 Å². The molecule has 4 heteroatoms. The molecule has 0 aliphatic heterocycles. The van der Waals surface area contributed by atoms with Crippen molar-refractivity contribution < 1.29 is 4.79 Å². The van der Waals surface area contributed by atoms with E-state index in [-0.39, 0.29) is 5.91 Å². The van der Waals surface area contributed by atoms with Crippen molar-refractivity contribution in [2.45, 2.75) is 13.8 Å². The molecule has 0 aliphatic rings. The summed E-state index contributed by atoms with van der Waals surface area (Å²) >= 11 is 0. The highest BCUT2D eigenvalue weighted by Gasteiger charge is 2.13. The van der Waals surface area contributed by atoms with Crippen molar-refractivity contribution in [2.75, 3.05) is 23.3 Å². The average molecular weight is 321 g/mol. The molecule has 1 amide bonds. The van der Waals surface area contributed by atoms with Crippen LogP contribution >= 0.6 is 0 Å². The van der Waals surface area contributed by atoms with E-state index in [1.807, 2.05) is 66.2 Å². The molecule has 2 aromatic carbocycles. The third-order valence-corrected chi connectivity index (χ3v) is 4.44. The Hall–Kier alpha value is -2.75. The van der Waals surface area contributed by atoms with Crippen LogP contribution in [-0.2, 0) is 7.05 Å². The lowest BCUT2D eigenvalue weighted by Gasteiger charge is -2.21. The van der Waals surface area contributed by atoms with Crippen LogP contribution in [0.15, 0.2) is 54.6 Å². The zero-order valence-electron chi connectivity index (χ0n) is 14.4. The Labute approximate surface area is 142 Å². The molecule has 1 heterocycles. The first kappa shape index (κ1) is 16.1. The fourth-order valence-electron chi connectivity index (χ4n) is 3.05. The summed E-state index contributed by atoms with van der Waals surface area (Å²) in [7, 11) is 1.92. The van der Waals surface area contributed by atoms with E-state index in [2.05, 4.69) is 24.1 Å². The van der Waals surface area contributed by atoms with E-state index >= 15 is 0 Å². The summed E-state index contributed by atoms with van der Waals surface area (Å²) in [6.45, 7) is 6.22. The molecular formula is C20H23N3O. The van der Waals surface area contributed by atoms with Gasteiger partial charge in [-0.05, 0) is 50.2 Å². The normalized spacial score (nSPS) is 10.8. The lowest BCUT2D eigenvalue weighted by molar-refractivity contribution is 0.102. The number of anilines is 2. The van der Waals surface area contributed by atoms with Gasteiger partial charge >= 0.3 is 0 Å². The Morgan fingerprint density at radius 1 is 1.04 bits per heavy atom. The quantitative estimate of drug-likeness (QED) is 0.761. The first-order valence-electron chi connectivity index (χ1n) is 8.34. The van der Waals surface area contributed by atoms with Gasteiger partial charge in [0, 0.05) is 42.4 Å². The maximum atomic E-state index is 12.6. The molecule has 24 heavy (non-hydrogen) atoms. The minimum absolute atomic E-state index is 0.0933. The minimum atomic E-state index is -0.0933. The topological polar surface area (TPSA) is 37.3 Å². The van der Waals surface area contributed by atoms with Crippen molar-refractivity contribution in [2.24, 2.45) is 7.05 Å². The van der Waals surface area contributed by atoms with Crippen molar-refractivity contribution in [3.8, 4) is 0 Å². The maximum absolute atomic E-state index is 12.6. The van der Waals surface area contributed by atoms with Crippen LogP contribution in [0.5, 0.6) is 0 Å². The van der Waals surface area contributed by atoms with Gasteiger partial charge in [0.2, 0.25) is 0 Å². The number of carbonyl (C=O) groups excluding carboxylic acids is 1. The number of amides is 1. The van der Waals surface area contributed by atoms with Crippen LogP contribution in [-0.4, -0.2) is 23.6 Å². The lowest BCUT2D eigenvalue weighted by Crippen LogP contribution is -2.21. The van der Waals surface area contributed by atoms with Gasteiger partial charge in [-0.3, -0.25) is 4.79 Å². The molecule has 4 nitrogen and oxygen atoms in total. The molecule has 0 aliphatic carbocycles. The summed E-state index contributed by atoms with van der Waals surface area (Å²) in [5.41, 5.74) is 3.69. The first-order valence-corrected chi connectivity index (χ1v) is 8.34. The largest absolute Gasteiger partial charge is 0.372 e. The molecule has 0 fully saturated rings. The molecule has 0 atom stereocenters. The summed E-state index contributed by atoms with van der Waals surface area (Å²) in [5.74, 6) is -0.0933. The third-order valence-electron chi connectivity index (χ3n) is 4.44. The van der Waals surface area contributed by atoms with Gasteiger partial charge in [-0.15, -0.1) is 0 Å². The molecule has 0 radical (unpaired) electrons. The van der Waals surface area contributed by atoms with Crippen molar-refractivity contribution in [3.05, 3.63) is 60.3 Å². The Balaban J connectivity index is 1.80. The summed E-state index contributed by atoms with van der Waals surface area (Å²) < 4.78 is 1.93. The zero-order chi connectivity index (χ0) is 17.1. The van der Waals surface area contributed by atoms with Crippen molar-refractivity contribution in [1.82, 2.24) is 4.57 Å². The number of nitrogens with one attached hydrogen (secondary N) is 1. The standard InChI is InChI=1S/C20H23N3O/c1-4-23(5-2)17-12-10-16(11-13-17)21-20(24)19-14-15-8-6-7-9-18(15)22(19)3/h6-14H,4-5H2,1-3H3,(H,21,24). The fourth-order valence-corrected chi connectivity index (χ4v) is 3.05. The van der Waals surface area contributed by atoms with Crippen LogP contribution in [0.3, 0.4) is 0 Å². The van der Waals surface area contributed by atoms with E-state index in [0.29, 0.717) is 5.69 Å². The summed E-state index contributed by atoms with van der Waals surface area (Å²) in [4.78, 5) is 14.9. The summed E-state index contributed by atoms with van der Waals surface area (Å²) in [6, 6.07) is 17.9. The van der Waals surface area contributed by atoms with E-state index in [9.17, 15) is 4.79 Å². The molecule has 0 bridgehead atoms. The second-order valence-corrected chi connectivity index (χ2v) is 5.82. The van der Waals surface area contributed by atoms with Gasteiger partial charge in [-0.2, -0.15) is 0 Å². The Morgan fingerprint density at radius 3 is 2.33 bits per heavy atom. The molecule has 0 saturated carbocycles. The second-order valence-electron chi connectivity index (χ2n) is 5.82. The number of fused-ring (bicyclic) bond motifs is 1. The molecule has 3 rings (SSSR count). The summed E-state index contributed by atoms with van der Waals surface area (Å²) in [6.07, 6.45) is 0. The van der Waals surface area contributed by atoms with Gasteiger partial charge in [-0.25, -0.2) is 0 Å². The second kappa shape index (κ2) is 6.79. The van der Waals surface area contributed by atoms with Gasteiger partial charge in [0.05, 0.1) is 0 Å². The molecular weight excluding hydrogens is 298 g/mol. The van der Waals surface area contributed by atoms with Gasteiger partial charge in [0.1, 0.15) is 5.69 Å². The van der Waals surface area contributed by atoms with Gasteiger partial charge < -0.3 is 14.8 Å². The monoisotopic (exact) mass is 321 g/mol. The Morgan fingerprint density at radius 2 is 1.71 bits per heavy atom. The predicted octanol–water partition coefficient (Wildman–Crippen LogP) is 4.28. The number of aromatic nitrogens is 1. The number of benzene rings is 2. The maximum Gasteiger partial charge on any atom is 0.272 e. The summed E-state index contributed by atoms with van der Waals surface area (Å²) in [5, 5.41) is 4.06. The molecule has 1 N–H and O–H groups in total. The number of hydrogen-bond donors (Lipinski definition) is 1. The van der Waals surface area contributed by atoms with Crippen molar-refractivity contribution in [3.63, 3.8) is 0 Å². The highest BCUT2D eigenvalue weighted by Crippen LogP contribution is 2.21. The first-order chi connectivity index (χ1) is 11.6. The van der Waals surface area contributed by atoms with Crippen LogP contribution in [0.2, 0.25) is 0 Å². The van der Waals surface area contributed by atoms with E-state index < -0.39 is 0 Å². The van der Waals surface area contributed by atoms with Crippen LogP contribution in [0.25, 0.3) is 10.9 Å². The number of carbonyl (C=O) groups is 1. The SMILES string of the molecule is CCN(CC)c1ccc(NC(=O)c2cc3ccccc3n2C)cc1. The van der Waals surface area contributed by atoms with Crippen LogP contribution in [0, 0.1) is 0 Å². The Kier molecular flexibility index (Phi) is 4.56. The highest BCUT2D eigenvalue weighted by molar-refractivity contribution is 6.06. The van der Waals surface area contributed by atoms with Crippen LogP contribution in [0.4, 0.5) is 11.4 Å². The predicted molar refractivity (Wildman–Crippen MR) is 101 cm³/mol. The zero-order valence-corrected chi connectivity index (χ0v) is 14.4. The minimum Gasteiger partial charge on any atom is -0.372 e. The van der Waals surface area contributed by atoms with Crippen LogP contribution in [0.1, 0.15) is 24.3 Å². The number of nitrogens with zero attached hydrogens (tertiary/aromatic N) is 2. The van der Waals surface area contributed by atoms with E-state index in [1.165, 1.54) is 5.69 Å². The molecule has 3 aromatic rings. The van der Waals surface area contributed by atoms with Crippen LogP contribution < -0.4 is 10.2 Å². The average Bonchev–Trinajstić information content (AvgIpc) is 2.95. The van der Waals surface area contributed by atoms with Gasteiger partial charge in [0.25, 0.3) is 5.91 Å². The van der Waals surface area contributed by atoms with Gasteiger partial charge in [-0.1, -0.05) is 18.2 Å². The molecule has 0 spiro atoms. The highest BCUT2D eigenvalue weighted by atomic mass is 16.1. The van der Waals surface area contributed by atoms with Crippen molar-refractivity contribution >= 4 is 28.2 Å². The number of hydrogen-bond acceptors (Lipinski definition) is 2. The molecule has 0 unspecified atom stereocenters. The van der Waals surface area contributed by atoms with E-state index in [0.717, 1.165) is 29.7 Å².